The van der Waals surface area contributed by atoms with Crippen molar-refractivity contribution >= 4 is 29.0 Å². The number of aromatic nitrogens is 1. The summed E-state index contributed by atoms with van der Waals surface area (Å²) in [6.45, 7) is 3.18. The van der Waals surface area contributed by atoms with E-state index >= 15 is 0 Å². The predicted molar refractivity (Wildman–Crippen MR) is 139 cm³/mol. The van der Waals surface area contributed by atoms with E-state index in [1.54, 1.807) is 6.20 Å². The minimum atomic E-state index is -0.629. The van der Waals surface area contributed by atoms with Gasteiger partial charge in [-0.2, -0.15) is 5.26 Å². The maximum absolute atomic E-state index is 13.0. The van der Waals surface area contributed by atoms with Gasteiger partial charge in [-0.1, -0.05) is 36.9 Å². The summed E-state index contributed by atoms with van der Waals surface area (Å²) < 4.78 is 28.5. The zero-order chi connectivity index (χ0) is 24.6. The Morgan fingerprint density at radius 2 is 1.97 bits per heavy atom. The number of alkyl halides is 2. The van der Waals surface area contributed by atoms with Crippen LogP contribution in [0.4, 0.5) is 20.2 Å². The number of benzene rings is 2. The van der Waals surface area contributed by atoms with E-state index in [1.165, 1.54) is 30.4 Å². The van der Waals surface area contributed by atoms with Crippen LogP contribution in [0.5, 0.6) is 0 Å². The summed E-state index contributed by atoms with van der Waals surface area (Å²) in [5.41, 5.74) is 5.45. The second-order valence-corrected chi connectivity index (χ2v) is 9.45. The minimum absolute atomic E-state index is 0.128. The van der Waals surface area contributed by atoms with Crippen LogP contribution in [0.2, 0.25) is 0 Å². The zero-order valence-electron chi connectivity index (χ0n) is 19.5. The lowest BCUT2D eigenvalue weighted by Crippen LogP contribution is -2.25. The van der Waals surface area contributed by atoms with Crippen LogP contribution in [0.3, 0.4) is 0 Å². The molecule has 35 heavy (non-hydrogen) atoms. The summed E-state index contributed by atoms with van der Waals surface area (Å²) in [7, 11) is 0. The lowest BCUT2D eigenvalue weighted by atomic mass is 10.0. The molecule has 180 valence electrons. The number of para-hydroxylation sites is 1. The summed E-state index contributed by atoms with van der Waals surface area (Å²) in [6, 6.07) is 21.8. The van der Waals surface area contributed by atoms with Crippen LogP contribution in [-0.4, -0.2) is 24.4 Å². The fourth-order valence-electron chi connectivity index (χ4n) is 3.89. The molecule has 0 bridgehead atoms. The third kappa shape index (κ3) is 6.27. The van der Waals surface area contributed by atoms with Crippen molar-refractivity contribution < 1.29 is 8.78 Å². The molecule has 1 unspecified atom stereocenters. The van der Waals surface area contributed by atoms with Crippen molar-refractivity contribution in [1.82, 2.24) is 9.71 Å². The van der Waals surface area contributed by atoms with Gasteiger partial charge in [0, 0.05) is 22.8 Å². The van der Waals surface area contributed by atoms with Gasteiger partial charge in [0.1, 0.15) is 6.67 Å². The number of nitrogens with zero attached hydrogens (tertiary/aromatic N) is 3. The van der Waals surface area contributed by atoms with Gasteiger partial charge >= 0.3 is 0 Å². The minimum Gasteiger partial charge on any atom is -0.309 e. The third-order valence-electron chi connectivity index (χ3n) is 5.97. The van der Waals surface area contributed by atoms with Crippen LogP contribution in [0.15, 0.2) is 78.3 Å². The van der Waals surface area contributed by atoms with E-state index in [2.05, 4.69) is 39.4 Å². The van der Waals surface area contributed by atoms with Crippen molar-refractivity contribution in [2.24, 2.45) is 0 Å². The molecule has 1 aliphatic carbocycles. The van der Waals surface area contributed by atoms with Crippen LogP contribution < -0.4 is 9.62 Å². The fourth-order valence-corrected chi connectivity index (χ4v) is 4.61. The molecule has 4 nitrogen and oxygen atoms in total. The molecular formula is C28H28F2N4S. The molecule has 1 aliphatic rings. The highest BCUT2D eigenvalue weighted by Gasteiger charge is 2.26. The SMILES string of the molecule is C=C(c1ccc(SNC(CF)CCF)cn1)N(c1ccccc1)c1cc(C2CC2)ccc1CC#N. The highest BCUT2D eigenvalue weighted by atomic mass is 32.2. The van der Waals surface area contributed by atoms with Gasteiger partial charge in [0.2, 0.25) is 0 Å². The molecule has 1 saturated carbocycles. The normalized spacial score (nSPS) is 13.7. The first-order valence-corrected chi connectivity index (χ1v) is 12.5. The lowest BCUT2D eigenvalue weighted by molar-refractivity contribution is 0.359. The molecular weight excluding hydrogens is 462 g/mol. The van der Waals surface area contributed by atoms with Gasteiger partial charge < -0.3 is 4.90 Å². The van der Waals surface area contributed by atoms with Gasteiger partial charge in [0.05, 0.1) is 36.2 Å². The molecule has 1 heterocycles. The Morgan fingerprint density at radius 3 is 2.60 bits per heavy atom. The van der Waals surface area contributed by atoms with Gasteiger partial charge in [-0.05, 0) is 78.6 Å². The summed E-state index contributed by atoms with van der Waals surface area (Å²) >= 11 is 1.24. The number of hydrogen-bond acceptors (Lipinski definition) is 5. The van der Waals surface area contributed by atoms with Crippen LogP contribution in [-0.2, 0) is 6.42 Å². The Morgan fingerprint density at radius 1 is 1.17 bits per heavy atom. The van der Waals surface area contributed by atoms with E-state index < -0.39 is 19.4 Å². The number of anilines is 2. The van der Waals surface area contributed by atoms with Gasteiger partial charge in [0.15, 0.2) is 0 Å². The molecule has 2 aromatic carbocycles. The van der Waals surface area contributed by atoms with Crippen LogP contribution in [0.1, 0.15) is 42.0 Å². The standard InChI is InChI=1S/C28H28F2N4S/c1-20(27-12-11-26(19-32-27)35-33-24(18-30)13-15-29)34(25-5-3-2-4-6-25)28-17-23(21-7-8-21)10-9-22(28)14-16-31/h2-6,9-12,17,19,21,24,33H,1,7-8,13-15,18H2. The van der Waals surface area contributed by atoms with Gasteiger partial charge in [-0.25, -0.2) is 4.39 Å². The predicted octanol–water partition coefficient (Wildman–Crippen LogP) is 7.13. The monoisotopic (exact) mass is 490 g/mol. The molecule has 0 amide bonds. The van der Waals surface area contributed by atoms with Crippen LogP contribution >= 0.6 is 11.9 Å². The molecule has 0 spiro atoms. The van der Waals surface area contributed by atoms with E-state index in [4.69, 9.17) is 0 Å². The van der Waals surface area contributed by atoms with Gasteiger partial charge in [-0.3, -0.25) is 14.1 Å². The smallest absolute Gasteiger partial charge is 0.106 e. The van der Waals surface area contributed by atoms with Crippen molar-refractivity contribution in [1.29, 1.82) is 5.26 Å². The largest absolute Gasteiger partial charge is 0.309 e. The van der Waals surface area contributed by atoms with Crippen molar-refractivity contribution in [2.45, 2.75) is 42.5 Å². The van der Waals surface area contributed by atoms with Crippen molar-refractivity contribution in [2.75, 3.05) is 18.2 Å². The number of pyridine rings is 1. The molecule has 1 aromatic heterocycles. The maximum atomic E-state index is 13.0. The second kappa shape index (κ2) is 12.0. The van der Waals surface area contributed by atoms with E-state index in [0.717, 1.165) is 21.8 Å². The highest BCUT2D eigenvalue weighted by Crippen LogP contribution is 2.44. The fraction of sp³-hybridized carbons (Fsp3) is 0.286. The number of hydrogen-bond donors (Lipinski definition) is 1. The summed E-state index contributed by atoms with van der Waals surface area (Å²) in [5, 5.41) is 9.46. The molecule has 0 saturated heterocycles. The Kier molecular flexibility index (Phi) is 8.51. The molecule has 1 fully saturated rings. The molecule has 0 aliphatic heterocycles. The zero-order valence-corrected chi connectivity index (χ0v) is 20.3. The molecule has 7 heteroatoms. The number of halogens is 2. The Hall–Kier alpha value is -3.21. The van der Waals surface area contributed by atoms with Crippen molar-refractivity contribution in [3.05, 3.63) is 90.3 Å². The average Bonchev–Trinajstić information content (AvgIpc) is 3.74. The first kappa shape index (κ1) is 24.9. The highest BCUT2D eigenvalue weighted by molar-refractivity contribution is 7.97. The Balaban J connectivity index is 1.64. The summed E-state index contributed by atoms with van der Waals surface area (Å²) in [5.74, 6) is 0.572. The first-order chi connectivity index (χ1) is 17.1. The first-order valence-electron chi connectivity index (χ1n) is 11.7. The number of nitriles is 1. The molecule has 4 rings (SSSR count). The third-order valence-corrected chi connectivity index (χ3v) is 6.90. The Bertz CT molecular complexity index is 1170. The molecule has 3 aromatic rings. The lowest BCUT2D eigenvalue weighted by Gasteiger charge is -2.29. The Labute approximate surface area is 209 Å². The van der Waals surface area contributed by atoms with Gasteiger partial charge in [-0.15, -0.1) is 0 Å². The average molecular weight is 491 g/mol. The quantitative estimate of drug-likeness (QED) is 0.274. The summed E-state index contributed by atoms with van der Waals surface area (Å²) in [4.78, 5) is 7.47. The van der Waals surface area contributed by atoms with E-state index in [1.807, 2.05) is 48.5 Å². The van der Waals surface area contributed by atoms with Crippen molar-refractivity contribution in [3.63, 3.8) is 0 Å². The topological polar surface area (TPSA) is 52.0 Å². The van der Waals surface area contributed by atoms with Gasteiger partial charge in [0.25, 0.3) is 0 Å². The van der Waals surface area contributed by atoms with Crippen LogP contribution in [0, 0.1) is 11.3 Å². The van der Waals surface area contributed by atoms with E-state index in [9.17, 15) is 14.0 Å². The van der Waals surface area contributed by atoms with Crippen LogP contribution in [0.25, 0.3) is 5.70 Å². The second-order valence-electron chi connectivity index (χ2n) is 8.54. The number of rotatable bonds is 12. The van der Waals surface area contributed by atoms with E-state index in [-0.39, 0.29) is 6.42 Å². The summed E-state index contributed by atoms with van der Waals surface area (Å²) in [6.07, 6.45) is 4.49. The van der Waals surface area contributed by atoms with E-state index in [0.29, 0.717) is 23.7 Å². The number of nitrogens with one attached hydrogen (secondary N) is 1. The van der Waals surface area contributed by atoms with Crippen molar-refractivity contribution in [3.8, 4) is 6.07 Å². The molecule has 1 atom stereocenters. The molecule has 1 N–H and O–H groups in total. The molecule has 0 radical (unpaired) electrons. The maximum Gasteiger partial charge on any atom is 0.106 e.